The third-order valence-electron chi connectivity index (χ3n) is 1.13. The molecule has 0 heterocycles. The van der Waals surface area contributed by atoms with Crippen molar-refractivity contribution in [1.29, 1.82) is 0 Å². The Balaban J connectivity index is 5.47. The van der Waals surface area contributed by atoms with Gasteiger partial charge in [-0.05, 0) is 0 Å². The lowest BCUT2D eigenvalue weighted by atomic mass is 10.2. The van der Waals surface area contributed by atoms with Gasteiger partial charge in [0.1, 0.15) is 0 Å². The standard InChI is InChI=1S/C5F6N2O2/c6-3(7,4(8,9)12-1-14)5(10,11)13-2-15. The van der Waals surface area contributed by atoms with Crippen LogP contribution in [0.3, 0.4) is 0 Å². The van der Waals surface area contributed by atoms with Crippen LogP contribution in [0.5, 0.6) is 0 Å². The average molecular weight is 234 g/mol. The zero-order chi connectivity index (χ0) is 12.3. The van der Waals surface area contributed by atoms with Crippen molar-refractivity contribution in [1.82, 2.24) is 0 Å². The highest BCUT2D eigenvalue weighted by molar-refractivity contribution is 5.36. The van der Waals surface area contributed by atoms with Gasteiger partial charge in [0, 0.05) is 0 Å². The van der Waals surface area contributed by atoms with Crippen LogP contribution >= 0.6 is 0 Å². The maximum absolute atomic E-state index is 12.3. The molecule has 0 aromatic rings. The van der Waals surface area contributed by atoms with Crippen LogP contribution in [0.1, 0.15) is 0 Å². The molecule has 0 aromatic heterocycles. The highest BCUT2D eigenvalue weighted by Crippen LogP contribution is 2.46. The van der Waals surface area contributed by atoms with Gasteiger partial charge in [0.05, 0.1) is 0 Å². The maximum atomic E-state index is 12.3. The molecule has 0 aliphatic rings. The number of nitrogens with zero attached hydrogens (tertiary/aromatic N) is 2. The molecule has 0 spiro atoms. The van der Waals surface area contributed by atoms with Crippen LogP contribution in [0.2, 0.25) is 0 Å². The van der Waals surface area contributed by atoms with E-state index in [1.54, 1.807) is 0 Å². The van der Waals surface area contributed by atoms with Crippen LogP contribution in [-0.4, -0.2) is 30.2 Å². The summed E-state index contributed by atoms with van der Waals surface area (Å²) in [5.41, 5.74) is 0. The minimum Gasteiger partial charge on any atom is -0.211 e. The van der Waals surface area contributed by atoms with Crippen LogP contribution in [0.15, 0.2) is 9.98 Å². The van der Waals surface area contributed by atoms with Crippen LogP contribution < -0.4 is 0 Å². The van der Waals surface area contributed by atoms with Crippen LogP contribution in [0.25, 0.3) is 0 Å². The SMILES string of the molecule is O=C=NC(F)(F)C(F)(F)C(F)(F)N=C=O. The quantitative estimate of drug-likeness (QED) is 0.320. The lowest BCUT2D eigenvalue weighted by Gasteiger charge is -2.25. The monoisotopic (exact) mass is 234 g/mol. The van der Waals surface area contributed by atoms with Gasteiger partial charge < -0.3 is 0 Å². The number of halogens is 6. The Morgan fingerprint density at radius 2 is 1.00 bits per heavy atom. The van der Waals surface area contributed by atoms with E-state index in [0.29, 0.717) is 0 Å². The molecule has 0 aliphatic heterocycles. The molecular formula is C5F6N2O2. The summed E-state index contributed by atoms with van der Waals surface area (Å²) in [6.45, 7) is 0. The molecule has 15 heavy (non-hydrogen) atoms. The molecule has 0 saturated heterocycles. The zero-order valence-corrected chi connectivity index (χ0v) is 6.48. The van der Waals surface area contributed by atoms with Crippen molar-refractivity contribution < 1.29 is 35.9 Å². The third-order valence-corrected chi connectivity index (χ3v) is 1.13. The van der Waals surface area contributed by atoms with Gasteiger partial charge in [-0.15, -0.1) is 9.98 Å². The summed E-state index contributed by atoms with van der Waals surface area (Å²) >= 11 is 0. The highest BCUT2D eigenvalue weighted by atomic mass is 19.3. The summed E-state index contributed by atoms with van der Waals surface area (Å²) in [6, 6.07) is -11.4. The molecular weight excluding hydrogens is 234 g/mol. The predicted octanol–water partition coefficient (Wildman–Crippen LogP) is 1.48. The summed E-state index contributed by atoms with van der Waals surface area (Å²) in [4.78, 5) is 21.0. The van der Waals surface area contributed by atoms with Crippen molar-refractivity contribution in [3.8, 4) is 0 Å². The molecule has 0 aliphatic carbocycles. The van der Waals surface area contributed by atoms with E-state index in [0.717, 1.165) is 0 Å². The Morgan fingerprint density at radius 1 is 0.733 bits per heavy atom. The van der Waals surface area contributed by atoms with Crippen LogP contribution in [-0.2, 0) is 9.59 Å². The Kier molecular flexibility index (Phi) is 3.41. The molecule has 0 rings (SSSR count). The summed E-state index contributed by atoms with van der Waals surface area (Å²) in [7, 11) is 0. The third kappa shape index (κ3) is 2.23. The number of aliphatic imine (C=N–C) groups is 2. The molecule has 0 radical (unpaired) electrons. The normalized spacial score (nSPS) is 12.7. The number of alkyl halides is 6. The van der Waals surface area contributed by atoms with Gasteiger partial charge in [0.15, 0.2) is 0 Å². The van der Waals surface area contributed by atoms with E-state index >= 15 is 0 Å². The van der Waals surface area contributed by atoms with Gasteiger partial charge in [-0.2, -0.15) is 26.3 Å². The second-order valence-corrected chi connectivity index (χ2v) is 2.06. The van der Waals surface area contributed by atoms with E-state index in [9.17, 15) is 35.9 Å². The van der Waals surface area contributed by atoms with E-state index in [1.807, 2.05) is 0 Å². The molecule has 0 fully saturated rings. The van der Waals surface area contributed by atoms with Gasteiger partial charge in [0.25, 0.3) is 0 Å². The number of hydrogen-bond acceptors (Lipinski definition) is 4. The Morgan fingerprint density at radius 3 is 1.20 bits per heavy atom. The second kappa shape index (κ2) is 3.84. The highest BCUT2D eigenvalue weighted by Gasteiger charge is 2.73. The fourth-order valence-corrected chi connectivity index (χ4v) is 0.436. The summed E-state index contributed by atoms with van der Waals surface area (Å²) in [5.74, 6) is -6.13. The minimum absolute atomic E-state index is 0.000243. The zero-order valence-electron chi connectivity index (χ0n) is 6.48. The van der Waals surface area contributed by atoms with Crippen molar-refractivity contribution in [3.05, 3.63) is 0 Å². The molecule has 0 N–H and O–H groups in total. The first-order valence-electron chi connectivity index (χ1n) is 2.94. The molecule has 0 amide bonds. The maximum Gasteiger partial charge on any atom is 0.423 e. The number of isocyanates is 2. The average Bonchev–Trinajstić information content (AvgIpc) is 2.03. The molecule has 0 bridgehead atoms. The van der Waals surface area contributed by atoms with E-state index in [1.165, 1.54) is 9.98 Å². The topological polar surface area (TPSA) is 58.9 Å². The Hall–Kier alpha value is -1.66. The van der Waals surface area contributed by atoms with Crippen LogP contribution in [0, 0.1) is 0 Å². The fourth-order valence-electron chi connectivity index (χ4n) is 0.436. The van der Waals surface area contributed by atoms with Crippen molar-refractivity contribution in [2.75, 3.05) is 0 Å². The van der Waals surface area contributed by atoms with Crippen molar-refractivity contribution in [3.63, 3.8) is 0 Å². The van der Waals surface area contributed by atoms with Crippen LogP contribution in [0.4, 0.5) is 26.3 Å². The molecule has 0 saturated carbocycles. The number of carbonyl (C=O) groups excluding carboxylic acids is 2. The van der Waals surface area contributed by atoms with Crippen molar-refractivity contribution in [2.24, 2.45) is 9.98 Å². The minimum atomic E-state index is -6.13. The Labute approximate surface area is 77.3 Å². The lowest BCUT2D eigenvalue weighted by Crippen LogP contribution is -2.52. The molecule has 0 atom stereocenters. The van der Waals surface area contributed by atoms with E-state index in [4.69, 9.17) is 0 Å². The van der Waals surface area contributed by atoms with Crippen molar-refractivity contribution >= 4 is 12.2 Å². The van der Waals surface area contributed by atoms with Gasteiger partial charge in [-0.25, -0.2) is 9.59 Å². The number of rotatable bonds is 4. The lowest BCUT2D eigenvalue weighted by molar-refractivity contribution is -0.302. The van der Waals surface area contributed by atoms with E-state index in [2.05, 4.69) is 0 Å². The smallest absolute Gasteiger partial charge is 0.211 e. The van der Waals surface area contributed by atoms with Gasteiger partial charge >= 0.3 is 18.0 Å². The summed E-state index contributed by atoms with van der Waals surface area (Å²) in [5, 5.41) is 0. The first-order valence-corrected chi connectivity index (χ1v) is 2.94. The second-order valence-electron chi connectivity index (χ2n) is 2.06. The molecule has 4 nitrogen and oxygen atoms in total. The molecule has 10 heteroatoms. The van der Waals surface area contributed by atoms with Crippen molar-refractivity contribution in [2.45, 2.75) is 18.0 Å². The molecule has 84 valence electrons. The first-order chi connectivity index (χ1) is 6.62. The predicted molar refractivity (Wildman–Crippen MR) is 31.1 cm³/mol. The van der Waals surface area contributed by atoms with Gasteiger partial charge in [0.2, 0.25) is 12.2 Å². The first kappa shape index (κ1) is 13.3. The Bertz CT molecular complexity index is 309. The fraction of sp³-hybridized carbons (Fsp3) is 0.600. The summed E-state index contributed by atoms with van der Waals surface area (Å²) in [6.07, 6.45) is -0.000486. The van der Waals surface area contributed by atoms with E-state index in [-0.39, 0.29) is 12.2 Å². The largest absolute Gasteiger partial charge is 0.423 e. The van der Waals surface area contributed by atoms with Gasteiger partial charge in [-0.1, -0.05) is 0 Å². The molecule has 0 unspecified atom stereocenters. The van der Waals surface area contributed by atoms with E-state index < -0.39 is 18.0 Å². The number of hydrogen-bond donors (Lipinski definition) is 0. The molecule has 0 aromatic carbocycles. The van der Waals surface area contributed by atoms with Gasteiger partial charge in [-0.3, -0.25) is 0 Å². The summed E-state index contributed by atoms with van der Waals surface area (Å²) < 4.78 is 73.3.